The minimum atomic E-state index is -0.435. The Morgan fingerprint density at radius 2 is 1.66 bits per heavy atom. The van der Waals surface area contributed by atoms with E-state index in [0.29, 0.717) is 39.9 Å². The molecule has 0 aliphatic rings. The lowest BCUT2D eigenvalue weighted by Gasteiger charge is -2.14. The van der Waals surface area contributed by atoms with Crippen LogP contribution in [0.4, 0.5) is 5.69 Å². The summed E-state index contributed by atoms with van der Waals surface area (Å²) in [6.07, 6.45) is 0. The van der Waals surface area contributed by atoms with Crippen LogP contribution in [0.3, 0.4) is 0 Å². The van der Waals surface area contributed by atoms with E-state index in [9.17, 15) is 9.59 Å². The number of nitrogens with one attached hydrogen (secondary N) is 1. The summed E-state index contributed by atoms with van der Waals surface area (Å²) in [5, 5.41) is 3.49. The van der Waals surface area contributed by atoms with E-state index >= 15 is 0 Å². The number of esters is 1. The van der Waals surface area contributed by atoms with Gasteiger partial charge >= 0.3 is 5.97 Å². The molecule has 166 valence electrons. The summed E-state index contributed by atoms with van der Waals surface area (Å²) in [4.78, 5) is 24.3. The molecule has 0 atom stereocenters. The van der Waals surface area contributed by atoms with Gasteiger partial charge in [-0.2, -0.15) is 0 Å². The van der Waals surface area contributed by atoms with Crippen LogP contribution in [0.1, 0.15) is 38.8 Å². The summed E-state index contributed by atoms with van der Waals surface area (Å²) < 4.78 is 16.3. The normalized spacial score (nSPS) is 10.4. The maximum Gasteiger partial charge on any atom is 0.337 e. The predicted octanol–water partition coefficient (Wildman–Crippen LogP) is 5.67. The number of rotatable bonds is 8. The Morgan fingerprint density at radius 3 is 2.31 bits per heavy atom. The van der Waals surface area contributed by atoms with Gasteiger partial charge in [-0.15, -0.1) is 0 Å². The number of anilines is 1. The van der Waals surface area contributed by atoms with Crippen LogP contribution < -0.4 is 14.8 Å². The van der Waals surface area contributed by atoms with Crippen LogP contribution in [0.15, 0.2) is 60.7 Å². The van der Waals surface area contributed by atoms with Crippen LogP contribution in [-0.2, 0) is 11.3 Å². The highest BCUT2D eigenvalue weighted by Gasteiger charge is 2.13. The number of aryl methyl sites for hydroxylation is 1. The molecule has 0 aromatic heterocycles. The van der Waals surface area contributed by atoms with Crippen molar-refractivity contribution in [3.8, 4) is 11.5 Å². The molecule has 0 fully saturated rings. The Balaban J connectivity index is 1.75. The SMILES string of the molecule is CCOc1ccc(C(=O)Nc2ccc(C(=O)OC)cc2)cc1COc1ccc(Cl)c(C)c1. The molecule has 0 radical (unpaired) electrons. The molecule has 0 bridgehead atoms. The van der Waals surface area contributed by atoms with E-state index in [1.807, 2.05) is 19.9 Å². The highest BCUT2D eigenvalue weighted by molar-refractivity contribution is 6.31. The Bertz CT molecular complexity index is 1110. The fourth-order valence-electron chi connectivity index (χ4n) is 3.01. The lowest BCUT2D eigenvalue weighted by atomic mass is 10.1. The molecule has 0 heterocycles. The smallest absolute Gasteiger partial charge is 0.337 e. The lowest BCUT2D eigenvalue weighted by Crippen LogP contribution is -2.13. The summed E-state index contributed by atoms with van der Waals surface area (Å²) in [5.41, 5.74) is 3.08. The number of carbonyl (C=O) groups is 2. The number of amides is 1. The minimum absolute atomic E-state index is 0.228. The van der Waals surface area contributed by atoms with Crippen molar-refractivity contribution < 1.29 is 23.8 Å². The molecular formula is C25H24ClNO5. The molecule has 0 spiro atoms. The second-order valence-corrected chi connectivity index (χ2v) is 7.39. The van der Waals surface area contributed by atoms with Crippen LogP contribution in [0.2, 0.25) is 5.02 Å². The van der Waals surface area contributed by atoms with Gasteiger partial charge in [0.05, 0.1) is 19.3 Å². The molecule has 0 saturated heterocycles. The van der Waals surface area contributed by atoms with E-state index in [1.54, 1.807) is 54.6 Å². The van der Waals surface area contributed by atoms with Gasteiger partial charge in [-0.25, -0.2) is 4.79 Å². The second-order valence-electron chi connectivity index (χ2n) is 6.98. The molecule has 0 aliphatic heterocycles. The number of carbonyl (C=O) groups excluding carboxylic acids is 2. The maximum absolute atomic E-state index is 12.8. The van der Waals surface area contributed by atoms with Crippen molar-refractivity contribution >= 4 is 29.2 Å². The molecular weight excluding hydrogens is 430 g/mol. The van der Waals surface area contributed by atoms with Gasteiger partial charge in [0.15, 0.2) is 0 Å². The largest absolute Gasteiger partial charge is 0.493 e. The number of halogens is 1. The van der Waals surface area contributed by atoms with Crippen LogP contribution in [-0.4, -0.2) is 25.6 Å². The first kappa shape index (κ1) is 23.2. The molecule has 0 unspecified atom stereocenters. The van der Waals surface area contributed by atoms with E-state index in [2.05, 4.69) is 10.1 Å². The van der Waals surface area contributed by atoms with Gasteiger partial charge in [-0.05, 0) is 80.1 Å². The lowest BCUT2D eigenvalue weighted by molar-refractivity contribution is 0.0600. The Morgan fingerprint density at radius 1 is 0.938 bits per heavy atom. The van der Waals surface area contributed by atoms with Gasteiger partial charge in [0.25, 0.3) is 5.91 Å². The van der Waals surface area contributed by atoms with E-state index in [0.717, 1.165) is 11.1 Å². The van der Waals surface area contributed by atoms with E-state index in [-0.39, 0.29) is 12.5 Å². The number of methoxy groups -OCH3 is 1. The molecule has 1 N–H and O–H groups in total. The first-order valence-corrected chi connectivity index (χ1v) is 10.4. The number of hydrogen-bond donors (Lipinski definition) is 1. The summed E-state index contributed by atoms with van der Waals surface area (Å²) in [7, 11) is 1.32. The number of ether oxygens (including phenoxy) is 3. The third-order valence-electron chi connectivity index (χ3n) is 4.71. The monoisotopic (exact) mass is 453 g/mol. The Hall–Kier alpha value is -3.51. The first-order valence-electron chi connectivity index (χ1n) is 10.1. The molecule has 0 saturated carbocycles. The van der Waals surface area contributed by atoms with Crippen LogP contribution in [0.5, 0.6) is 11.5 Å². The van der Waals surface area contributed by atoms with Crippen LogP contribution >= 0.6 is 11.6 Å². The third kappa shape index (κ3) is 5.80. The zero-order chi connectivity index (χ0) is 23.1. The van der Waals surface area contributed by atoms with Crippen LogP contribution in [0.25, 0.3) is 0 Å². The van der Waals surface area contributed by atoms with Gasteiger partial charge in [0, 0.05) is 21.8 Å². The fraction of sp³-hybridized carbons (Fsp3) is 0.200. The van der Waals surface area contributed by atoms with Gasteiger partial charge in [-0.1, -0.05) is 11.6 Å². The average molecular weight is 454 g/mol. The molecule has 3 aromatic carbocycles. The predicted molar refractivity (Wildman–Crippen MR) is 124 cm³/mol. The third-order valence-corrected chi connectivity index (χ3v) is 5.13. The summed E-state index contributed by atoms with van der Waals surface area (Å²) >= 11 is 6.07. The molecule has 3 rings (SSSR count). The zero-order valence-corrected chi connectivity index (χ0v) is 18.9. The maximum atomic E-state index is 12.8. The summed E-state index contributed by atoms with van der Waals surface area (Å²) in [6.45, 7) is 4.52. The van der Waals surface area contributed by atoms with Crippen molar-refractivity contribution in [1.82, 2.24) is 0 Å². The van der Waals surface area contributed by atoms with E-state index in [4.69, 9.17) is 21.1 Å². The van der Waals surface area contributed by atoms with Crippen molar-refractivity contribution in [2.75, 3.05) is 19.0 Å². The molecule has 1 amide bonds. The molecule has 0 aliphatic carbocycles. The summed E-state index contributed by atoms with van der Waals surface area (Å²) in [6, 6.07) is 17.1. The number of benzene rings is 3. The van der Waals surface area contributed by atoms with Crippen molar-refractivity contribution in [3.63, 3.8) is 0 Å². The summed E-state index contributed by atoms with van der Waals surface area (Å²) in [5.74, 6) is 0.601. The molecule has 3 aromatic rings. The van der Waals surface area contributed by atoms with E-state index in [1.165, 1.54) is 7.11 Å². The van der Waals surface area contributed by atoms with Gasteiger partial charge in [0.2, 0.25) is 0 Å². The van der Waals surface area contributed by atoms with Crippen molar-refractivity contribution in [3.05, 3.63) is 87.9 Å². The van der Waals surface area contributed by atoms with Crippen molar-refractivity contribution in [2.45, 2.75) is 20.5 Å². The van der Waals surface area contributed by atoms with Crippen LogP contribution in [0, 0.1) is 6.92 Å². The van der Waals surface area contributed by atoms with Gasteiger partial charge < -0.3 is 19.5 Å². The topological polar surface area (TPSA) is 73.9 Å². The van der Waals surface area contributed by atoms with Crippen molar-refractivity contribution in [2.24, 2.45) is 0 Å². The van der Waals surface area contributed by atoms with Gasteiger partial charge in [-0.3, -0.25) is 4.79 Å². The Kier molecular flexibility index (Phi) is 7.73. The quantitative estimate of drug-likeness (QED) is 0.445. The second kappa shape index (κ2) is 10.7. The fourth-order valence-corrected chi connectivity index (χ4v) is 3.13. The molecule has 32 heavy (non-hydrogen) atoms. The Labute approximate surface area is 192 Å². The standard InChI is InChI=1S/C25H24ClNO5/c1-4-31-23-12-7-18(14-19(23)15-32-21-10-11-22(26)16(2)13-21)24(28)27-20-8-5-17(6-9-20)25(29)30-3/h5-14H,4,15H2,1-3H3,(H,27,28). The first-order chi connectivity index (χ1) is 15.4. The average Bonchev–Trinajstić information content (AvgIpc) is 2.80. The molecule has 6 nitrogen and oxygen atoms in total. The highest BCUT2D eigenvalue weighted by Crippen LogP contribution is 2.25. The highest BCUT2D eigenvalue weighted by atomic mass is 35.5. The molecule has 7 heteroatoms. The number of hydrogen-bond acceptors (Lipinski definition) is 5. The van der Waals surface area contributed by atoms with Crippen molar-refractivity contribution in [1.29, 1.82) is 0 Å². The van der Waals surface area contributed by atoms with Gasteiger partial charge in [0.1, 0.15) is 18.1 Å². The minimum Gasteiger partial charge on any atom is -0.493 e. The van der Waals surface area contributed by atoms with E-state index < -0.39 is 5.97 Å². The zero-order valence-electron chi connectivity index (χ0n) is 18.1.